The summed E-state index contributed by atoms with van der Waals surface area (Å²) < 4.78 is 0. The molecule has 0 aromatic heterocycles. The van der Waals surface area contributed by atoms with E-state index in [4.69, 9.17) is 0 Å². The Morgan fingerprint density at radius 3 is 2.75 bits per heavy atom. The van der Waals surface area contributed by atoms with Gasteiger partial charge in [-0.2, -0.15) is 0 Å². The van der Waals surface area contributed by atoms with Gasteiger partial charge in [0, 0.05) is 6.92 Å². The predicted octanol–water partition coefficient (Wildman–Crippen LogP) is 0.464. The first-order chi connectivity index (χ1) is 3.77. The summed E-state index contributed by atoms with van der Waals surface area (Å²) in [6, 6.07) is 0. The van der Waals surface area contributed by atoms with E-state index in [0.717, 1.165) is 6.42 Å². The van der Waals surface area contributed by atoms with Crippen molar-refractivity contribution in [3.63, 3.8) is 0 Å². The Morgan fingerprint density at radius 1 is 1.75 bits per heavy atom. The number of carbonyl (C=O) groups is 1. The smallest absolute Gasteiger partial charge is 0.240 e. The van der Waals surface area contributed by atoms with Crippen LogP contribution in [0, 0.1) is 0 Å². The van der Waals surface area contributed by atoms with E-state index in [2.05, 4.69) is 10.3 Å². The van der Waals surface area contributed by atoms with Crippen molar-refractivity contribution >= 4 is 5.91 Å². The molecule has 3 nitrogen and oxygen atoms in total. The van der Waals surface area contributed by atoms with Gasteiger partial charge in [0.1, 0.15) is 0 Å². The Kier molecular flexibility index (Phi) is 4.26. The molecular formula is C5H11NO2. The number of nitrogens with one attached hydrogen (secondary N) is 1. The van der Waals surface area contributed by atoms with Crippen LogP contribution in [0.25, 0.3) is 0 Å². The molecule has 0 aliphatic carbocycles. The molecule has 0 spiro atoms. The van der Waals surface area contributed by atoms with E-state index in [0.29, 0.717) is 6.61 Å². The normalized spacial score (nSPS) is 8.75. The van der Waals surface area contributed by atoms with Crippen molar-refractivity contribution in [3.05, 3.63) is 0 Å². The predicted molar refractivity (Wildman–Crippen MR) is 30.1 cm³/mol. The summed E-state index contributed by atoms with van der Waals surface area (Å²) in [5.74, 6) is -0.154. The van der Waals surface area contributed by atoms with E-state index in [1.807, 2.05) is 6.92 Å². The Bertz CT molecular complexity index is 72.8. The molecule has 0 saturated heterocycles. The van der Waals surface area contributed by atoms with Gasteiger partial charge in [0.15, 0.2) is 0 Å². The zero-order valence-corrected chi connectivity index (χ0v) is 5.23. The highest BCUT2D eigenvalue weighted by atomic mass is 16.6. The summed E-state index contributed by atoms with van der Waals surface area (Å²) in [5, 5.41) is 0. The summed E-state index contributed by atoms with van der Waals surface area (Å²) in [4.78, 5) is 14.7. The molecule has 8 heavy (non-hydrogen) atoms. The van der Waals surface area contributed by atoms with Crippen molar-refractivity contribution in [1.82, 2.24) is 5.48 Å². The van der Waals surface area contributed by atoms with Gasteiger partial charge in [0.05, 0.1) is 6.61 Å². The third-order valence-electron chi connectivity index (χ3n) is 0.522. The van der Waals surface area contributed by atoms with Gasteiger partial charge in [0.25, 0.3) is 0 Å². The van der Waals surface area contributed by atoms with Gasteiger partial charge < -0.3 is 0 Å². The third kappa shape index (κ3) is 5.43. The molecule has 1 N–H and O–H groups in total. The van der Waals surface area contributed by atoms with Crippen molar-refractivity contribution in [3.8, 4) is 0 Å². The molecule has 48 valence electrons. The topological polar surface area (TPSA) is 38.3 Å². The molecule has 0 fully saturated rings. The van der Waals surface area contributed by atoms with Gasteiger partial charge in [0.2, 0.25) is 5.91 Å². The molecule has 0 aliphatic heterocycles. The quantitative estimate of drug-likeness (QED) is 0.431. The van der Waals surface area contributed by atoms with E-state index in [1.54, 1.807) is 0 Å². The first-order valence-electron chi connectivity index (χ1n) is 2.65. The Morgan fingerprint density at radius 2 is 2.38 bits per heavy atom. The molecule has 0 aromatic rings. The number of hydrogen-bond donors (Lipinski definition) is 1. The number of amides is 1. The molecule has 0 radical (unpaired) electrons. The lowest BCUT2D eigenvalue weighted by atomic mass is 10.5. The Balaban J connectivity index is 2.82. The minimum absolute atomic E-state index is 0.154. The average molecular weight is 117 g/mol. The standard InChI is InChI=1S/C5H11NO2/c1-3-4-8-6-5(2)7/h3-4H2,1-2H3,(H,6,7). The molecule has 0 aromatic carbocycles. The van der Waals surface area contributed by atoms with Crippen molar-refractivity contribution < 1.29 is 9.63 Å². The molecule has 0 atom stereocenters. The van der Waals surface area contributed by atoms with Gasteiger partial charge in [-0.3, -0.25) is 9.63 Å². The fraction of sp³-hybridized carbons (Fsp3) is 0.800. The lowest BCUT2D eigenvalue weighted by Crippen LogP contribution is -2.20. The summed E-state index contributed by atoms with van der Waals surface area (Å²) in [5.41, 5.74) is 2.21. The van der Waals surface area contributed by atoms with Crippen LogP contribution in [-0.2, 0) is 9.63 Å². The summed E-state index contributed by atoms with van der Waals surface area (Å²) in [7, 11) is 0. The summed E-state index contributed by atoms with van der Waals surface area (Å²) in [6.45, 7) is 3.97. The maximum atomic E-state index is 10.1. The largest absolute Gasteiger partial charge is 0.274 e. The molecule has 0 saturated carbocycles. The first-order valence-corrected chi connectivity index (χ1v) is 2.65. The maximum Gasteiger partial charge on any atom is 0.240 e. The third-order valence-corrected chi connectivity index (χ3v) is 0.522. The van der Waals surface area contributed by atoms with E-state index in [9.17, 15) is 4.79 Å². The highest BCUT2D eigenvalue weighted by molar-refractivity contribution is 5.71. The second-order valence-corrected chi connectivity index (χ2v) is 1.51. The van der Waals surface area contributed by atoms with E-state index in [-0.39, 0.29) is 5.91 Å². The second-order valence-electron chi connectivity index (χ2n) is 1.51. The number of carbonyl (C=O) groups excluding carboxylic acids is 1. The maximum absolute atomic E-state index is 10.1. The van der Waals surface area contributed by atoms with Crippen LogP contribution in [0.15, 0.2) is 0 Å². The van der Waals surface area contributed by atoms with Crippen LogP contribution in [-0.4, -0.2) is 12.5 Å². The Labute approximate surface area is 49.0 Å². The van der Waals surface area contributed by atoms with Crippen LogP contribution >= 0.6 is 0 Å². The molecule has 3 heteroatoms. The van der Waals surface area contributed by atoms with Gasteiger partial charge in [-0.1, -0.05) is 6.92 Å². The molecule has 0 rings (SSSR count). The van der Waals surface area contributed by atoms with Crippen LogP contribution < -0.4 is 5.48 Å². The highest BCUT2D eigenvalue weighted by Crippen LogP contribution is 1.73. The van der Waals surface area contributed by atoms with Crippen molar-refractivity contribution in [2.45, 2.75) is 20.3 Å². The minimum atomic E-state index is -0.154. The van der Waals surface area contributed by atoms with Crippen LogP contribution in [0.5, 0.6) is 0 Å². The number of rotatable bonds is 3. The van der Waals surface area contributed by atoms with Crippen molar-refractivity contribution in [2.75, 3.05) is 6.61 Å². The van der Waals surface area contributed by atoms with Crippen LogP contribution in [0.3, 0.4) is 0 Å². The fourth-order valence-corrected chi connectivity index (χ4v) is 0.255. The zero-order chi connectivity index (χ0) is 6.41. The summed E-state index contributed by atoms with van der Waals surface area (Å²) >= 11 is 0. The molecule has 0 heterocycles. The SMILES string of the molecule is CCCONC(C)=O. The first kappa shape index (κ1) is 7.43. The van der Waals surface area contributed by atoms with Crippen molar-refractivity contribution in [1.29, 1.82) is 0 Å². The van der Waals surface area contributed by atoms with Crippen molar-refractivity contribution in [2.24, 2.45) is 0 Å². The lowest BCUT2D eigenvalue weighted by Gasteiger charge is -1.98. The van der Waals surface area contributed by atoms with E-state index >= 15 is 0 Å². The number of hydroxylamine groups is 1. The van der Waals surface area contributed by atoms with Gasteiger partial charge in [-0.05, 0) is 6.42 Å². The Hall–Kier alpha value is -0.570. The molecule has 0 aliphatic rings. The molecular weight excluding hydrogens is 106 g/mol. The van der Waals surface area contributed by atoms with E-state index < -0.39 is 0 Å². The van der Waals surface area contributed by atoms with Crippen LogP contribution in [0.4, 0.5) is 0 Å². The van der Waals surface area contributed by atoms with Gasteiger partial charge in [-0.25, -0.2) is 5.48 Å². The number of hydrogen-bond acceptors (Lipinski definition) is 2. The minimum Gasteiger partial charge on any atom is -0.274 e. The molecule has 0 bridgehead atoms. The highest BCUT2D eigenvalue weighted by Gasteiger charge is 1.85. The lowest BCUT2D eigenvalue weighted by molar-refractivity contribution is -0.131. The van der Waals surface area contributed by atoms with Crippen LogP contribution in [0.2, 0.25) is 0 Å². The van der Waals surface area contributed by atoms with Gasteiger partial charge in [-0.15, -0.1) is 0 Å². The van der Waals surface area contributed by atoms with Crippen LogP contribution in [0.1, 0.15) is 20.3 Å². The summed E-state index contributed by atoms with van der Waals surface area (Å²) in [6.07, 6.45) is 0.917. The van der Waals surface area contributed by atoms with Gasteiger partial charge >= 0.3 is 0 Å². The van der Waals surface area contributed by atoms with E-state index in [1.165, 1.54) is 6.92 Å². The monoisotopic (exact) mass is 117 g/mol. The fourth-order valence-electron chi connectivity index (χ4n) is 0.255. The molecule has 0 unspecified atom stereocenters. The molecule has 1 amide bonds. The zero-order valence-electron chi connectivity index (χ0n) is 5.23. The average Bonchev–Trinajstić information content (AvgIpc) is 1.66. The second kappa shape index (κ2) is 4.59.